The zero-order valence-electron chi connectivity index (χ0n) is 16.5. The molecule has 0 amide bonds. The summed E-state index contributed by atoms with van der Waals surface area (Å²) >= 11 is 0. The minimum atomic E-state index is 1.24. The molecule has 0 saturated heterocycles. The van der Waals surface area contributed by atoms with Crippen molar-refractivity contribution in [2.24, 2.45) is 0 Å². The van der Waals surface area contributed by atoms with Gasteiger partial charge in [-0.15, -0.1) is 0 Å². The van der Waals surface area contributed by atoms with E-state index < -0.39 is 0 Å². The predicted octanol–water partition coefficient (Wildman–Crippen LogP) is 6.95. The lowest BCUT2D eigenvalue weighted by molar-refractivity contribution is -0.890. The molecule has 0 radical (unpaired) electrons. The van der Waals surface area contributed by atoms with Gasteiger partial charge in [-0.05, 0) is 25.7 Å². The van der Waals surface area contributed by atoms with E-state index in [4.69, 9.17) is 0 Å². The molecule has 0 aliphatic rings. The summed E-state index contributed by atoms with van der Waals surface area (Å²) in [5.74, 6) is 0. The highest BCUT2D eigenvalue weighted by atomic mass is 15.3. The molecule has 0 unspecified atom stereocenters. The van der Waals surface area contributed by atoms with Gasteiger partial charge in [0.1, 0.15) is 0 Å². The van der Waals surface area contributed by atoms with Crippen LogP contribution in [0, 0.1) is 0 Å². The molecule has 1 heteroatoms. The molecular formula is C21H46N+. The number of quaternary nitrogens is 1. The molecule has 0 rings (SSSR count). The summed E-state index contributed by atoms with van der Waals surface area (Å²) in [7, 11) is 4.86. The highest BCUT2D eigenvalue weighted by molar-refractivity contribution is 4.48. The van der Waals surface area contributed by atoms with E-state index in [1.54, 1.807) is 0 Å². The molecule has 0 atom stereocenters. The molecule has 0 fully saturated rings. The van der Waals surface area contributed by atoms with E-state index in [-0.39, 0.29) is 0 Å². The minimum absolute atomic E-state index is 1.24. The van der Waals surface area contributed by atoms with E-state index in [0.717, 1.165) is 0 Å². The van der Waals surface area contributed by atoms with Gasteiger partial charge in [0.25, 0.3) is 0 Å². The molecule has 0 bridgehead atoms. The molecule has 134 valence electrons. The molecule has 0 aliphatic carbocycles. The zero-order valence-corrected chi connectivity index (χ0v) is 16.5. The Morgan fingerprint density at radius 2 is 0.682 bits per heavy atom. The second kappa shape index (κ2) is 15.8. The molecule has 0 heterocycles. The van der Waals surface area contributed by atoms with E-state index >= 15 is 0 Å². The lowest BCUT2D eigenvalue weighted by Crippen LogP contribution is -2.41. The van der Waals surface area contributed by atoms with E-state index in [1.807, 2.05) is 0 Å². The van der Waals surface area contributed by atoms with Crippen molar-refractivity contribution >= 4 is 0 Å². The van der Waals surface area contributed by atoms with Gasteiger partial charge < -0.3 is 4.48 Å². The van der Waals surface area contributed by atoms with E-state index in [9.17, 15) is 0 Å². The smallest absolute Gasteiger partial charge is 0.0782 e. The summed E-state index contributed by atoms with van der Waals surface area (Å²) in [6.45, 7) is 7.35. The first-order chi connectivity index (χ1) is 10.6. The van der Waals surface area contributed by atoms with Crippen LogP contribution in [0.15, 0.2) is 0 Å². The number of nitrogens with zero attached hydrogens (tertiary/aromatic N) is 1. The summed E-state index contributed by atoms with van der Waals surface area (Å²) in [4.78, 5) is 0. The Morgan fingerprint density at radius 1 is 0.409 bits per heavy atom. The van der Waals surface area contributed by atoms with Gasteiger partial charge in [0.05, 0.1) is 27.2 Å². The SMILES string of the molecule is CCCCCCCCCC[N+](C)(C)CCCCCCCCC. The maximum Gasteiger partial charge on any atom is 0.0782 e. The van der Waals surface area contributed by atoms with Crippen LogP contribution in [0.25, 0.3) is 0 Å². The molecule has 1 nitrogen and oxygen atoms in total. The van der Waals surface area contributed by atoms with Crippen LogP contribution in [-0.4, -0.2) is 31.7 Å². The van der Waals surface area contributed by atoms with Gasteiger partial charge in [0, 0.05) is 0 Å². The van der Waals surface area contributed by atoms with E-state index in [2.05, 4.69) is 27.9 Å². The first-order valence-electron chi connectivity index (χ1n) is 10.4. The highest BCUT2D eigenvalue weighted by Crippen LogP contribution is 2.12. The fourth-order valence-electron chi connectivity index (χ4n) is 3.28. The van der Waals surface area contributed by atoms with Gasteiger partial charge in [-0.25, -0.2) is 0 Å². The Hall–Kier alpha value is -0.0400. The van der Waals surface area contributed by atoms with Gasteiger partial charge in [-0.3, -0.25) is 0 Å². The third-order valence-corrected chi connectivity index (χ3v) is 4.98. The van der Waals surface area contributed by atoms with Crippen molar-refractivity contribution in [3.05, 3.63) is 0 Å². The third kappa shape index (κ3) is 16.3. The quantitative estimate of drug-likeness (QED) is 0.201. The standard InChI is InChI=1S/C21H46N/c1-5-7-9-11-13-15-17-19-21-22(3,4)20-18-16-14-12-10-8-6-2/h5-21H2,1-4H3/q+1. The van der Waals surface area contributed by atoms with Crippen LogP contribution in [0.3, 0.4) is 0 Å². The van der Waals surface area contributed by atoms with Crippen LogP contribution in [-0.2, 0) is 0 Å². The number of hydrogen-bond donors (Lipinski definition) is 0. The van der Waals surface area contributed by atoms with Crippen molar-refractivity contribution in [3.63, 3.8) is 0 Å². The molecule has 0 spiro atoms. The van der Waals surface area contributed by atoms with Crippen LogP contribution < -0.4 is 0 Å². The number of hydrogen-bond acceptors (Lipinski definition) is 0. The van der Waals surface area contributed by atoms with E-state index in [0.29, 0.717) is 0 Å². The minimum Gasteiger partial charge on any atom is -0.328 e. The first kappa shape index (κ1) is 22.0. The molecule has 0 N–H and O–H groups in total. The average Bonchev–Trinajstić information content (AvgIpc) is 2.49. The van der Waals surface area contributed by atoms with Crippen LogP contribution in [0.1, 0.15) is 110 Å². The second-order valence-corrected chi connectivity index (χ2v) is 7.98. The molecule has 0 aromatic heterocycles. The van der Waals surface area contributed by atoms with E-state index in [1.165, 1.54) is 114 Å². The second-order valence-electron chi connectivity index (χ2n) is 7.98. The number of rotatable bonds is 17. The summed E-state index contributed by atoms with van der Waals surface area (Å²) in [5, 5.41) is 0. The molecule has 0 aromatic rings. The lowest BCUT2D eigenvalue weighted by atomic mass is 10.1. The van der Waals surface area contributed by atoms with Crippen LogP contribution in [0.4, 0.5) is 0 Å². The van der Waals surface area contributed by atoms with Crippen molar-refractivity contribution in [2.75, 3.05) is 27.2 Å². The normalized spacial score (nSPS) is 12.0. The van der Waals surface area contributed by atoms with Gasteiger partial charge in [0.2, 0.25) is 0 Å². The largest absolute Gasteiger partial charge is 0.328 e. The fourth-order valence-corrected chi connectivity index (χ4v) is 3.28. The Bertz CT molecular complexity index is 210. The molecule has 0 saturated carbocycles. The summed E-state index contributed by atoms with van der Waals surface area (Å²) in [6, 6.07) is 0. The van der Waals surface area contributed by atoms with Crippen LogP contribution >= 0.6 is 0 Å². The Labute approximate surface area is 142 Å². The Morgan fingerprint density at radius 3 is 1.00 bits per heavy atom. The summed E-state index contributed by atoms with van der Waals surface area (Å²) < 4.78 is 1.24. The highest BCUT2D eigenvalue weighted by Gasteiger charge is 2.13. The topological polar surface area (TPSA) is 0 Å². The summed E-state index contributed by atoms with van der Waals surface area (Å²) in [5.41, 5.74) is 0. The van der Waals surface area contributed by atoms with Gasteiger partial charge in [-0.2, -0.15) is 0 Å². The van der Waals surface area contributed by atoms with Crippen LogP contribution in [0.2, 0.25) is 0 Å². The van der Waals surface area contributed by atoms with Crippen molar-refractivity contribution in [1.29, 1.82) is 0 Å². The van der Waals surface area contributed by atoms with Gasteiger partial charge in [-0.1, -0.05) is 84.5 Å². The molecule has 0 aromatic carbocycles. The average molecular weight is 313 g/mol. The number of unbranched alkanes of at least 4 members (excludes halogenated alkanes) is 13. The van der Waals surface area contributed by atoms with Gasteiger partial charge in [0.15, 0.2) is 0 Å². The fraction of sp³-hybridized carbons (Fsp3) is 1.00. The lowest BCUT2D eigenvalue weighted by Gasteiger charge is -2.30. The monoisotopic (exact) mass is 312 g/mol. The molecule has 22 heavy (non-hydrogen) atoms. The van der Waals surface area contributed by atoms with Crippen molar-refractivity contribution in [1.82, 2.24) is 0 Å². The molecular weight excluding hydrogens is 266 g/mol. The van der Waals surface area contributed by atoms with Crippen molar-refractivity contribution in [3.8, 4) is 0 Å². The maximum atomic E-state index is 2.43. The maximum absolute atomic E-state index is 2.43. The van der Waals surface area contributed by atoms with Crippen molar-refractivity contribution < 1.29 is 4.48 Å². The predicted molar refractivity (Wildman–Crippen MR) is 102 cm³/mol. The Kier molecular flexibility index (Phi) is 15.8. The first-order valence-corrected chi connectivity index (χ1v) is 10.4. The van der Waals surface area contributed by atoms with Crippen molar-refractivity contribution in [2.45, 2.75) is 110 Å². The third-order valence-electron chi connectivity index (χ3n) is 4.98. The summed E-state index contributed by atoms with van der Waals surface area (Å²) in [6.07, 6.45) is 21.5. The Balaban J connectivity index is 3.34. The zero-order chi connectivity index (χ0) is 16.5. The molecule has 0 aliphatic heterocycles. The van der Waals surface area contributed by atoms with Crippen LogP contribution in [0.5, 0.6) is 0 Å². The van der Waals surface area contributed by atoms with Gasteiger partial charge >= 0.3 is 0 Å².